The van der Waals surface area contributed by atoms with Gasteiger partial charge in [0.05, 0.1) is 24.9 Å². The van der Waals surface area contributed by atoms with E-state index in [-0.39, 0.29) is 0 Å². The minimum atomic E-state index is -0.739. The lowest BCUT2D eigenvalue weighted by atomic mass is 10.0. The van der Waals surface area contributed by atoms with Gasteiger partial charge >= 0.3 is 0 Å². The first-order valence-corrected chi connectivity index (χ1v) is 6.95. The first kappa shape index (κ1) is 12.8. The Hall–Kier alpha value is -1.18. The summed E-state index contributed by atoms with van der Waals surface area (Å²) in [6.45, 7) is 2.66. The third-order valence-corrected chi connectivity index (χ3v) is 3.77. The van der Waals surface area contributed by atoms with Crippen molar-refractivity contribution in [1.29, 1.82) is 0 Å². The Labute approximate surface area is 119 Å². The summed E-state index contributed by atoms with van der Waals surface area (Å²) in [7, 11) is 0. The average Bonchev–Trinajstić information content (AvgIpc) is 3.04. The number of β-amino-alcohol motifs (C(OH)–C–C–N with tert-alkyl or cyclic N) is 1. The van der Waals surface area contributed by atoms with Gasteiger partial charge in [-0.25, -0.2) is 4.68 Å². The van der Waals surface area contributed by atoms with Crippen molar-refractivity contribution in [3.05, 3.63) is 35.0 Å². The van der Waals surface area contributed by atoms with E-state index in [2.05, 4.69) is 31.1 Å². The Morgan fingerprint density at radius 3 is 3.05 bits per heavy atom. The highest BCUT2D eigenvalue weighted by Crippen LogP contribution is 2.25. The van der Waals surface area contributed by atoms with Crippen LogP contribution < -0.4 is 0 Å². The minimum Gasteiger partial charge on any atom is -0.453 e. The smallest absolute Gasteiger partial charge is 0.169 e. The van der Waals surface area contributed by atoms with Gasteiger partial charge in [-0.05, 0) is 34.5 Å². The second kappa shape index (κ2) is 5.07. The van der Waals surface area contributed by atoms with Crippen molar-refractivity contribution < 1.29 is 9.52 Å². The van der Waals surface area contributed by atoms with Crippen molar-refractivity contribution in [1.82, 2.24) is 19.9 Å². The Kier molecular flexibility index (Phi) is 3.42. The zero-order valence-electron chi connectivity index (χ0n) is 10.4. The quantitative estimate of drug-likeness (QED) is 0.916. The van der Waals surface area contributed by atoms with Crippen LogP contribution in [0, 0.1) is 0 Å². The molecule has 0 saturated carbocycles. The lowest BCUT2D eigenvalue weighted by molar-refractivity contribution is 0.0268. The van der Waals surface area contributed by atoms with E-state index in [0.717, 1.165) is 23.4 Å². The van der Waals surface area contributed by atoms with Gasteiger partial charge in [-0.15, -0.1) is 5.10 Å². The molecule has 102 valence electrons. The maximum Gasteiger partial charge on any atom is 0.169 e. The third kappa shape index (κ3) is 3.05. The Balaban J connectivity index is 1.60. The summed E-state index contributed by atoms with van der Waals surface area (Å²) in [6.07, 6.45) is 4.12. The largest absolute Gasteiger partial charge is 0.453 e. The SMILES string of the molecule is OC1(Cn2ccnn2)CCN(Cc2ccc(Br)o2)C1. The molecule has 19 heavy (non-hydrogen) atoms. The van der Waals surface area contributed by atoms with Crippen LogP contribution in [-0.4, -0.2) is 43.7 Å². The van der Waals surface area contributed by atoms with Gasteiger partial charge in [0.25, 0.3) is 0 Å². The molecule has 1 atom stereocenters. The van der Waals surface area contributed by atoms with E-state index >= 15 is 0 Å². The van der Waals surface area contributed by atoms with Crippen LogP contribution in [0.2, 0.25) is 0 Å². The predicted octanol–water partition coefficient (Wildman–Crippen LogP) is 1.27. The van der Waals surface area contributed by atoms with E-state index in [9.17, 15) is 5.11 Å². The summed E-state index contributed by atoms with van der Waals surface area (Å²) in [6, 6.07) is 3.83. The van der Waals surface area contributed by atoms with Crippen LogP contribution in [-0.2, 0) is 13.1 Å². The zero-order chi connectivity index (χ0) is 13.3. The molecule has 2 aromatic heterocycles. The van der Waals surface area contributed by atoms with Gasteiger partial charge in [-0.1, -0.05) is 5.21 Å². The van der Waals surface area contributed by atoms with Gasteiger partial charge in [0.2, 0.25) is 0 Å². The molecule has 0 aliphatic carbocycles. The average molecular weight is 327 g/mol. The number of rotatable bonds is 4. The standard InChI is InChI=1S/C12H15BrN4O2/c13-11-2-1-10(19-11)7-16-5-3-12(18,8-16)9-17-6-4-14-15-17/h1-2,4,6,18H,3,5,7-9H2. The molecular formula is C12H15BrN4O2. The normalized spacial score (nSPS) is 24.1. The molecule has 2 aromatic rings. The number of nitrogens with zero attached hydrogens (tertiary/aromatic N) is 4. The Morgan fingerprint density at radius 1 is 1.47 bits per heavy atom. The number of hydrogen-bond donors (Lipinski definition) is 1. The van der Waals surface area contributed by atoms with Crippen LogP contribution in [0.3, 0.4) is 0 Å². The van der Waals surface area contributed by atoms with Gasteiger partial charge in [0, 0.05) is 19.3 Å². The van der Waals surface area contributed by atoms with Crippen LogP contribution in [0.4, 0.5) is 0 Å². The molecule has 0 radical (unpaired) electrons. The van der Waals surface area contributed by atoms with E-state index < -0.39 is 5.60 Å². The molecule has 6 nitrogen and oxygen atoms in total. The predicted molar refractivity (Wildman–Crippen MR) is 71.3 cm³/mol. The highest BCUT2D eigenvalue weighted by molar-refractivity contribution is 9.10. The molecule has 1 fully saturated rings. The monoisotopic (exact) mass is 326 g/mol. The summed E-state index contributed by atoms with van der Waals surface area (Å²) in [5.74, 6) is 0.900. The number of hydrogen-bond acceptors (Lipinski definition) is 5. The van der Waals surface area contributed by atoms with Gasteiger partial charge in [-0.3, -0.25) is 4.90 Å². The molecular weight excluding hydrogens is 312 g/mol. The highest BCUT2D eigenvalue weighted by atomic mass is 79.9. The van der Waals surface area contributed by atoms with Crippen molar-refractivity contribution in [2.24, 2.45) is 0 Å². The second-order valence-electron chi connectivity index (χ2n) is 4.99. The molecule has 7 heteroatoms. The first-order valence-electron chi connectivity index (χ1n) is 6.16. The lowest BCUT2D eigenvalue weighted by Gasteiger charge is -2.22. The molecule has 1 unspecified atom stereocenters. The summed E-state index contributed by atoms with van der Waals surface area (Å²) in [5, 5.41) is 18.2. The van der Waals surface area contributed by atoms with Crippen molar-refractivity contribution in [2.45, 2.75) is 25.1 Å². The third-order valence-electron chi connectivity index (χ3n) is 3.35. The molecule has 0 bridgehead atoms. The maximum absolute atomic E-state index is 10.5. The second-order valence-corrected chi connectivity index (χ2v) is 5.77. The summed E-state index contributed by atoms with van der Waals surface area (Å²) >= 11 is 3.29. The fourth-order valence-corrected chi connectivity index (χ4v) is 2.82. The number of halogens is 1. The van der Waals surface area contributed by atoms with Crippen LogP contribution in [0.5, 0.6) is 0 Å². The van der Waals surface area contributed by atoms with Crippen molar-refractivity contribution in [3.8, 4) is 0 Å². The van der Waals surface area contributed by atoms with Crippen molar-refractivity contribution >= 4 is 15.9 Å². The number of aliphatic hydroxyl groups is 1. The van der Waals surface area contributed by atoms with Gasteiger partial charge in [0.1, 0.15) is 5.76 Å². The van der Waals surface area contributed by atoms with E-state index in [4.69, 9.17) is 4.42 Å². The van der Waals surface area contributed by atoms with Crippen LogP contribution in [0.15, 0.2) is 33.6 Å². The number of furan rings is 1. The Morgan fingerprint density at radius 2 is 2.37 bits per heavy atom. The van der Waals surface area contributed by atoms with Crippen molar-refractivity contribution in [2.75, 3.05) is 13.1 Å². The van der Waals surface area contributed by atoms with Crippen LogP contribution in [0.25, 0.3) is 0 Å². The fourth-order valence-electron chi connectivity index (χ4n) is 2.48. The highest BCUT2D eigenvalue weighted by Gasteiger charge is 2.36. The zero-order valence-corrected chi connectivity index (χ0v) is 12.0. The molecule has 0 spiro atoms. The van der Waals surface area contributed by atoms with E-state index in [1.165, 1.54) is 0 Å². The molecule has 3 heterocycles. The van der Waals surface area contributed by atoms with E-state index in [1.54, 1.807) is 17.1 Å². The molecule has 1 aliphatic rings. The fraction of sp³-hybridized carbons (Fsp3) is 0.500. The number of aromatic nitrogens is 3. The summed E-state index contributed by atoms with van der Waals surface area (Å²) in [4.78, 5) is 2.18. The summed E-state index contributed by atoms with van der Waals surface area (Å²) in [5.41, 5.74) is -0.739. The molecule has 0 aromatic carbocycles. The first-order chi connectivity index (χ1) is 9.13. The summed E-state index contributed by atoms with van der Waals surface area (Å²) < 4.78 is 7.89. The van der Waals surface area contributed by atoms with Gasteiger partial charge in [0.15, 0.2) is 4.67 Å². The minimum absolute atomic E-state index is 0.478. The molecule has 1 N–H and O–H groups in total. The van der Waals surface area contributed by atoms with Crippen LogP contribution >= 0.6 is 15.9 Å². The molecule has 1 saturated heterocycles. The lowest BCUT2D eigenvalue weighted by Crippen LogP contribution is -2.37. The van der Waals surface area contributed by atoms with Gasteiger partial charge in [-0.2, -0.15) is 0 Å². The maximum atomic E-state index is 10.5. The molecule has 0 amide bonds. The molecule has 1 aliphatic heterocycles. The van der Waals surface area contributed by atoms with Crippen molar-refractivity contribution in [3.63, 3.8) is 0 Å². The Bertz CT molecular complexity index is 542. The van der Waals surface area contributed by atoms with Crippen LogP contribution in [0.1, 0.15) is 12.2 Å². The topological polar surface area (TPSA) is 67.3 Å². The van der Waals surface area contributed by atoms with E-state index in [1.807, 2.05) is 12.1 Å². The van der Waals surface area contributed by atoms with E-state index in [0.29, 0.717) is 19.6 Å². The number of likely N-dealkylation sites (tertiary alicyclic amines) is 1. The molecule has 3 rings (SSSR count). The van der Waals surface area contributed by atoms with Gasteiger partial charge < -0.3 is 9.52 Å².